The predicted octanol–water partition coefficient (Wildman–Crippen LogP) is 7.81. The summed E-state index contributed by atoms with van der Waals surface area (Å²) in [7, 11) is 1.27. The third-order valence-corrected chi connectivity index (χ3v) is 8.10. The van der Waals surface area contributed by atoms with Crippen molar-refractivity contribution in [1.29, 1.82) is 0 Å². The van der Waals surface area contributed by atoms with Gasteiger partial charge in [-0.25, -0.2) is 0 Å². The molecule has 0 aromatic heterocycles. The average molecular weight is 790 g/mol. The van der Waals surface area contributed by atoms with Crippen LogP contribution in [-0.2, 0) is 30.2 Å². The largest absolute Gasteiger partial charge is 0.540 e. The zero-order chi connectivity index (χ0) is 30.7. The van der Waals surface area contributed by atoms with Gasteiger partial charge in [-0.05, 0) is 77.3 Å². The molecule has 0 aliphatic heterocycles. The second-order valence-corrected chi connectivity index (χ2v) is 12.0. The van der Waals surface area contributed by atoms with Gasteiger partial charge in [-0.1, -0.05) is 46.8 Å². The van der Waals surface area contributed by atoms with Gasteiger partial charge in [0, 0.05) is 25.9 Å². The van der Waals surface area contributed by atoms with Crippen LogP contribution in [0.25, 0.3) is 0 Å². The fraction of sp³-hybridized carbons (Fsp3) is 0.412. The van der Waals surface area contributed by atoms with Crippen molar-refractivity contribution >= 4 is 21.5 Å². The molecule has 0 spiro atoms. The topological polar surface area (TPSA) is 94.4 Å². The van der Waals surface area contributed by atoms with Crippen LogP contribution in [0.5, 0.6) is 17.2 Å². The van der Waals surface area contributed by atoms with Crippen LogP contribution in [-0.4, -0.2) is 46.3 Å². The molecule has 0 heterocycles. The van der Waals surface area contributed by atoms with Gasteiger partial charge in [0.1, 0.15) is 11.5 Å². The van der Waals surface area contributed by atoms with E-state index in [0.29, 0.717) is 6.26 Å². The van der Waals surface area contributed by atoms with Crippen molar-refractivity contribution in [3.63, 3.8) is 0 Å². The number of hydrogen-bond donors (Lipinski definition) is 1. The monoisotopic (exact) mass is 790 g/mol. The minimum atomic E-state index is -3.67. The third-order valence-electron chi connectivity index (χ3n) is 8.10. The molecule has 1 aliphatic carbocycles. The van der Waals surface area contributed by atoms with Gasteiger partial charge in [0.2, 0.25) is 0 Å². The van der Waals surface area contributed by atoms with E-state index >= 15 is 0 Å². The van der Waals surface area contributed by atoms with E-state index in [1.807, 2.05) is 66.7 Å². The molecule has 7 nitrogen and oxygen atoms in total. The Morgan fingerprint density at radius 2 is 1.05 bits per heavy atom. The summed E-state index contributed by atoms with van der Waals surface area (Å²) in [4.78, 5) is 4.83. The molecule has 3 aromatic rings. The van der Waals surface area contributed by atoms with Crippen molar-refractivity contribution in [3.05, 3.63) is 91.3 Å². The number of hydrogen-bond acceptors (Lipinski definition) is 6. The molecule has 4 rings (SSSR count). The first-order valence-electron chi connectivity index (χ1n) is 13.6. The van der Waals surface area contributed by atoms with Crippen molar-refractivity contribution < 1.29 is 47.3 Å². The van der Waals surface area contributed by atoms with Crippen molar-refractivity contribution in [2.45, 2.75) is 34.6 Å². The molecular weight excluding hydrogens is 743 g/mol. The molecule has 1 saturated carbocycles. The van der Waals surface area contributed by atoms with E-state index in [9.17, 15) is 8.42 Å². The number of rotatable bonds is 6. The maximum absolute atomic E-state index is 9.19. The van der Waals surface area contributed by atoms with Gasteiger partial charge in [-0.2, -0.15) is 8.42 Å². The molecule has 0 amide bonds. The van der Waals surface area contributed by atoms with Gasteiger partial charge >= 0.3 is 0 Å². The van der Waals surface area contributed by atoms with Crippen LogP contribution in [0.15, 0.2) is 71.7 Å². The van der Waals surface area contributed by atoms with Crippen LogP contribution in [0, 0.1) is 43.1 Å². The number of ether oxygens (including phenoxy) is 3. The SMILES string of the molecule is CC1C(C)C(C)C(C)C1C.COc1c[c-]c(C(=Nc2ccc(OC)cc2)c2ccc(OC)cc2)cc1.CS(=O)(=O)O.[CH3-].[Ir]. The molecule has 0 atom stereocenters. The summed E-state index contributed by atoms with van der Waals surface area (Å²) in [5.41, 5.74) is 3.51. The van der Waals surface area contributed by atoms with Crippen LogP contribution >= 0.6 is 0 Å². The van der Waals surface area contributed by atoms with Crippen molar-refractivity contribution in [3.8, 4) is 17.2 Å². The van der Waals surface area contributed by atoms with Crippen LogP contribution < -0.4 is 14.2 Å². The predicted molar refractivity (Wildman–Crippen MR) is 173 cm³/mol. The Bertz CT molecular complexity index is 1240. The Morgan fingerprint density at radius 1 is 0.698 bits per heavy atom. The zero-order valence-corrected chi connectivity index (χ0v) is 30.1. The fourth-order valence-corrected chi connectivity index (χ4v) is 4.89. The standard InChI is InChI=1S/C22H20NO3.C10H20.CH4O3S.CH3.Ir/c1-24-19-10-4-16(5-11-19)22(17-6-12-20(25-2)13-7-17)23-18-8-14-21(26-3)15-9-18;1-6-7(2)9(4)10(5)8(6)3;1-5(2,3)4;;/h4-6,8-15H,1-3H3;6-10H,1-5H3;1H3,(H,2,3,4);1H3;/q-1;;;-1;. The van der Waals surface area contributed by atoms with Crippen LogP contribution in [0.3, 0.4) is 0 Å². The van der Waals surface area contributed by atoms with E-state index in [2.05, 4.69) is 40.7 Å². The minimum absolute atomic E-state index is 0. The first-order valence-corrected chi connectivity index (χ1v) is 15.5. The molecule has 241 valence electrons. The summed E-state index contributed by atoms with van der Waals surface area (Å²) in [6.45, 7) is 12.0. The maximum Gasteiger partial charge on any atom is 0.261 e. The molecule has 1 radical (unpaired) electrons. The number of nitrogens with zero attached hydrogens (tertiary/aromatic N) is 1. The summed E-state index contributed by atoms with van der Waals surface area (Å²) in [5, 5.41) is 0. The van der Waals surface area contributed by atoms with Gasteiger partial charge < -0.3 is 21.6 Å². The second-order valence-electron chi connectivity index (χ2n) is 10.6. The molecule has 1 fully saturated rings. The molecule has 0 unspecified atom stereocenters. The average Bonchev–Trinajstić information content (AvgIpc) is 3.13. The van der Waals surface area contributed by atoms with E-state index in [0.717, 1.165) is 69.4 Å². The molecule has 43 heavy (non-hydrogen) atoms. The molecule has 1 aliphatic rings. The molecule has 0 bridgehead atoms. The van der Waals surface area contributed by atoms with Gasteiger partial charge in [0.15, 0.2) is 0 Å². The molecule has 9 heteroatoms. The van der Waals surface area contributed by atoms with Crippen LogP contribution in [0.1, 0.15) is 45.7 Å². The fourth-order valence-electron chi connectivity index (χ4n) is 4.89. The minimum Gasteiger partial charge on any atom is -0.540 e. The van der Waals surface area contributed by atoms with E-state index < -0.39 is 10.1 Å². The third kappa shape index (κ3) is 12.8. The second kappa shape index (κ2) is 18.8. The Labute approximate surface area is 273 Å². The summed E-state index contributed by atoms with van der Waals surface area (Å²) in [6.07, 6.45) is 0.715. The normalized spacial score (nSPS) is 21.0. The first kappa shape index (κ1) is 40.3. The Kier molecular flexibility index (Phi) is 17.7. The van der Waals surface area contributed by atoms with E-state index in [-0.39, 0.29) is 27.5 Å². The summed E-state index contributed by atoms with van der Waals surface area (Å²) < 4.78 is 41.6. The van der Waals surface area contributed by atoms with E-state index in [4.69, 9.17) is 23.8 Å². The van der Waals surface area contributed by atoms with Crippen molar-refractivity contribution in [2.75, 3.05) is 27.6 Å². The van der Waals surface area contributed by atoms with Gasteiger partial charge in [-0.15, -0.1) is 29.8 Å². The zero-order valence-electron chi connectivity index (χ0n) is 26.9. The van der Waals surface area contributed by atoms with Crippen molar-refractivity contribution in [1.82, 2.24) is 0 Å². The molecule has 1 N–H and O–H groups in total. The summed E-state index contributed by atoms with van der Waals surface area (Å²) >= 11 is 0. The maximum atomic E-state index is 9.19. The number of aliphatic imine (C=N–C) groups is 1. The first-order chi connectivity index (χ1) is 19.3. The van der Waals surface area contributed by atoms with Gasteiger partial charge in [-0.3, -0.25) is 9.55 Å². The Balaban J connectivity index is 0.000000863. The number of benzene rings is 3. The van der Waals surface area contributed by atoms with Gasteiger partial charge in [0.25, 0.3) is 10.1 Å². The number of methoxy groups -OCH3 is 3. The Hall–Kier alpha value is -2.71. The van der Waals surface area contributed by atoms with Gasteiger partial charge in [0.05, 0.1) is 33.3 Å². The van der Waals surface area contributed by atoms with Crippen LogP contribution in [0.4, 0.5) is 5.69 Å². The summed E-state index contributed by atoms with van der Waals surface area (Å²) in [6, 6.07) is 24.3. The smallest absolute Gasteiger partial charge is 0.261 e. The molecule has 3 aromatic carbocycles. The Morgan fingerprint density at radius 3 is 1.37 bits per heavy atom. The molecular formula is C34H47IrNO6S-2. The summed E-state index contributed by atoms with van der Waals surface area (Å²) in [5.74, 6) is 7.03. The van der Waals surface area contributed by atoms with Crippen molar-refractivity contribution in [2.24, 2.45) is 34.6 Å². The van der Waals surface area contributed by atoms with Crippen LogP contribution in [0.2, 0.25) is 0 Å². The quantitative estimate of drug-likeness (QED) is 0.156. The molecule has 0 saturated heterocycles. The van der Waals surface area contributed by atoms with E-state index in [1.54, 1.807) is 21.3 Å². The van der Waals surface area contributed by atoms with E-state index in [1.165, 1.54) is 0 Å².